The van der Waals surface area contributed by atoms with Crippen LogP contribution < -0.4 is 21.9 Å². The molecule has 0 saturated heterocycles. The minimum absolute atomic E-state index is 0.567. The van der Waals surface area contributed by atoms with Gasteiger partial charge in [-0.2, -0.15) is 127 Å². The number of halogens is 24. The first-order valence-electron chi connectivity index (χ1n) is 21.6. The fourth-order valence-electron chi connectivity index (χ4n) is 8.84. The highest BCUT2D eigenvalue weighted by Gasteiger charge is 2.47. The molecule has 0 aliphatic carbocycles. The predicted molar refractivity (Wildman–Crippen MR) is 241 cm³/mol. The van der Waals surface area contributed by atoms with Gasteiger partial charge in [-0.05, 0) is 41.0 Å². The molecule has 0 N–H and O–H groups in total. The Morgan fingerprint density at radius 2 is 0.385 bits per heavy atom. The fraction of sp³-hybridized carbons (Fsp3) is 0.176. The summed E-state index contributed by atoms with van der Waals surface area (Å²) in [5.41, 5.74) is -27.4. The number of hydrogen-bond donors (Lipinski definition) is 0. The molecule has 0 aliphatic heterocycles. The van der Waals surface area contributed by atoms with Gasteiger partial charge in [0.2, 0.25) is 0 Å². The Labute approximate surface area is 426 Å². The van der Waals surface area contributed by atoms with E-state index in [0.717, 1.165) is 16.7 Å². The van der Waals surface area contributed by atoms with E-state index in [1.54, 1.807) is 9.47 Å². The molecule has 1 nitrogen and oxygen atoms in total. The third-order valence-corrected chi connectivity index (χ3v) is 12.6. The van der Waals surface area contributed by atoms with Crippen LogP contribution in [0.5, 0.6) is 0 Å². The van der Waals surface area contributed by atoms with Crippen molar-refractivity contribution in [1.82, 2.24) is 0 Å². The van der Waals surface area contributed by atoms with Gasteiger partial charge in [0.25, 0.3) is 0 Å². The van der Waals surface area contributed by atoms with Crippen molar-refractivity contribution in [2.45, 2.75) is 55.0 Å². The van der Waals surface area contributed by atoms with Crippen molar-refractivity contribution in [1.29, 1.82) is 0 Å². The first-order chi connectivity index (χ1) is 35.6. The zero-order chi connectivity index (χ0) is 58.5. The second kappa shape index (κ2) is 21.2. The van der Waals surface area contributed by atoms with Gasteiger partial charge in [-0.3, -0.25) is 0 Å². The molecule has 1 atom stereocenters. The van der Waals surface area contributed by atoms with Gasteiger partial charge < -0.3 is 0 Å². The topological polar surface area (TPSA) is 9.23 Å². The molecule has 0 aliphatic rings. The summed E-state index contributed by atoms with van der Waals surface area (Å²) < 4.78 is 347. The SMILES string of the molecule is FC(F)(F)c1cc([B-](c2cc(C(F)(F)F)cc(C(F)(F)F)c2)(c2cc(C(F)(F)F)cc(C(F)(F)F)c2)c2cc(C(F)(F)F)cc(C(F)(F)F)c2)cc(C(F)(F)F)c1.[PH3+]OC(c1ccccc1)(c1ccccc1)c1ccccc1. The molecule has 0 saturated carbocycles. The van der Waals surface area contributed by atoms with E-state index >= 15 is 0 Å². The number of hydrogen-bond acceptors (Lipinski definition) is 1. The van der Waals surface area contributed by atoms with Crippen LogP contribution in [-0.4, -0.2) is 6.15 Å². The third kappa shape index (κ3) is 12.9. The van der Waals surface area contributed by atoms with Gasteiger partial charge in [0.1, 0.15) is 15.6 Å². The molecule has 7 aromatic carbocycles. The summed E-state index contributed by atoms with van der Waals surface area (Å²) in [4.78, 5) is 0. The van der Waals surface area contributed by atoms with Crippen molar-refractivity contribution in [2.75, 3.05) is 0 Å². The van der Waals surface area contributed by atoms with Gasteiger partial charge >= 0.3 is 49.4 Å². The fourth-order valence-corrected chi connectivity index (χ4v) is 9.34. The lowest BCUT2D eigenvalue weighted by Crippen LogP contribution is -2.75. The number of rotatable bonds is 8. The van der Waals surface area contributed by atoms with Crippen LogP contribution in [0, 0.1) is 0 Å². The Morgan fingerprint density at radius 3 is 0.513 bits per heavy atom. The van der Waals surface area contributed by atoms with Crippen LogP contribution in [-0.2, 0) is 59.5 Å². The summed E-state index contributed by atoms with van der Waals surface area (Å²) in [6.07, 6.45) is -54.8. The van der Waals surface area contributed by atoms with Gasteiger partial charge in [0, 0.05) is 0 Å². The van der Waals surface area contributed by atoms with Crippen molar-refractivity contribution in [3.63, 3.8) is 0 Å². The lowest BCUT2D eigenvalue weighted by molar-refractivity contribution is -0.144. The second-order valence-corrected chi connectivity index (χ2v) is 17.4. The quantitative estimate of drug-likeness (QED) is 0.0638. The lowest BCUT2D eigenvalue weighted by atomic mass is 9.12. The molecule has 7 aromatic rings. The average Bonchev–Trinajstić information content (AvgIpc) is 3.51. The Hall–Kier alpha value is -6.69. The molecule has 0 heterocycles. The normalized spacial score (nSPS) is 13.5. The van der Waals surface area contributed by atoms with E-state index in [1.165, 1.54) is 0 Å². The monoisotopic (exact) mass is 1160 g/mol. The summed E-state index contributed by atoms with van der Waals surface area (Å²) in [5.74, 6) is 0. The summed E-state index contributed by atoms with van der Waals surface area (Å²) in [5, 5.41) is 0. The summed E-state index contributed by atoms with van der Waals surface area (Å²) in [6.45, 7) is 0. The zero-order valence-electron chi connectivity index (χ0n) is 38.4. The Morgan fingerprint density at radius 1 is 0.231 bits per heavy atom. The highest BCUT2D eigenvalue weighted by molar-refractivity contribution is 7.20. The van der Waals surface area contributed by atoms with Crippen LogP contribution in [0.2, 0.25) is 0 Å². The van der Waals surface area contributed by atoms with E-state index in [2.05, 4.69) is 72.8 Å². The molecule has 0 radical (unpaired) electrons. The van der Waals surface area contributed by atoms with Crippen molar-refractivity contribution in [2.24, 2.45) is 0 Å². The van der Waals surface area contributed by atoms with Crippen LogP contribution in [0.1, 0.15) is 61.2 Å². The Bertz CT molecular complexity index is 2680. The highest BCUT2D eigenvalue weighted by atomic mass is 31.0. The minimum atomic E-state index is -6.13. The number of alkyl halides is 24. The van der Waals surface area contributed by atoms with Gasteiger partial charge in [-0.15, -0.1) is 0 Å². The average molecular weight is 1160 g/mol. The van der Waals surface area contributed by atoms with E-state index < -0.39 is 200 Å². The molecule has 7 rings (SSSR count). The molecular formula is C51H30BF24OP. The Balaban J connectivity index is 0.000000387. The van der Waals surface area contributed by atoms with Crippen LogP contribution in [0.4, 0.5) is 105 Å². The second-order valence-electron chi connectivity index (χ2n) is 17.1. The maximum Gasteiger partial charge on any atom is 0.416 e. The van der Waals surface area contributed by atoms with Crippen LogP contribution in [0.15, 0.2) is 164 Å². The summed E-state index contributed by atoms with van der Waals surface area (Å²) in [7, 11) is 1.55. The first kappa shape index (κ1) is 60.5. The lowest BCUT2D eigenvalue weighted by Gasteiger charge is -2.46. The molecule has 1 unspecified atom stereocenters. The maximum absolute atomic E-state index is 14.2. The third-order valence-electron chi connectivity index (χ3n) is 12.2. The first-order valence-corrected chi connectivity index (χ1v) is 22.2. The molecule has 0 spiro atoms. The maximum atomic E-state index is 14.2. The molecule has 0 fully saturated rings. The molecule has 0 amide bonds. The van der Waals surface area contributed by atoms with Crippen molar-refractivity contribution in [3.8, 4) is 0 Å². The highest BCUT2D eigenvalue weighted by Crippen LogP contribution is 2.44. The van der Waals surface area contributed by atoms with E-state index in [0.29, 0.717) is 0 Å². The van der Waals surface area contributed by atoms with Crippen molar-refractivity contribution in [3.05, 3.63) is 225 Å². The molecule has 416 valence electrons. The molecule has 78 heavy (non-hydrogen) atoms. The summed E-state index contributed by atoms with van der Waals surface area (Å²) in [6, 6.07) is 22.3. The van der Waals surface area contributed by atoms with Crippen molar-refractivity contribution >= 4 is 37.5 Å². The Kier molecular flexibility index (Phi) is 16.4. The van der Waals surface area contributed by atoms with E-state index in [9.17, 15) is 105 Å². The smallest absolute Gasteiger partial charge is 0.225 e. The van der Waals surface area contributed by atoms with Crippen molar-refractivity contribution < 1.29 is 110 Å². The molecule has 27 heteroatoms. The van der Waals surface area contributed by atoms with Crippen LogP contribution >= 0.6 is 9.47 Å². The zero-order valence-corrected chi connectivity index (χ0v) is 39.8. The van der Waals surface area contributed by atoms with E-state index in [-0.39, 0.29) is 0 Å². The van der Waals surface area contributed by atoms with Crippen LogP contribution in [0.3, 0.4) is 0 Å². The molecule has 0 bridgehead atoms. The standard InChI is InChI=1S/C32H12BF24.C19H18OP/c34-25(35,36)13-1-14(26(37,38)39)6-21(5-13)33(22-7-15(27(40,41)42)2-16(8-22)28(43,44)45,23-9-17(29(46,47)48)3-18(10-23)30(49,50)51)24-11-19(31(52,53)54)4-20(12-24)32(55,56)57;21-20-19(16-10-4-1-5-11-16,17-12-6-2-7-13-17)18-14-8-3-9-15-18/h1-12H;1-15H,21H3/q-1;+1. The molecule has 0 aromatic heterocycles. The predicted octanol–water partition coefficient (Wildman–Crippen LogP) is 15.7. The van der Waals surface area contributed by atoms with Gasteiger partial charge in [-0.1, -0.05) is 140 Å². The number of benzene rings is 7. The largest absolute Gasteiger partial charge is 0.416 e. The van der Waals surface area contributed by atoms with Gasteiger partial charge in [0.15, 0.2) is 5.60 Å². The summed E-state index contributed by atoms with van der Waals surface area (Å²) >= 11 is 0. The van der Waals surface area contributed by atoms with E-state index in [1.807, 2.05) is 18.2 Å². The van der Waals surface area contributed by atoms with E-state index in [4.69, 9.17) is 4.52 Å². The van der Waals surface area contributed by atoms with Gasteiger partial charge in [-0.25, -0.2) is 4.52 Å². The van der Waals surface area contributed by atoms with Crippen LogP contribution in [0.25, 0.3) is 0 Å². The molecular weight excluding hydrogens is 1130 g/mol. The minimum Gasteiger partial charge on any atom is -0.225 e. The van der Waals surface area contributed by atoms with Gasteiger partial charge in [0.05, 0.1) is 44.5 Å².